The second kappa shape index (κ2) is 9.50. The van der Waals surface area contributed by atoms with Gasteiger partial charge in [-0.25, -0.2) is 4.39 Å². The predicted molar refractivity (Wildman–Crippen MR) is 97.2 cm³/mol. The van der Waals surface area contributed by atoms with Gasteiger partial charge in [-0.2, -0.15) is 0 Å². The fourth-order valence-electron chi connectivity index (χ4n) is 2.28. The van der Waals surface area contributed by atoms with Gasteiger partial charge in [-0.3, -0.25) is 4.21 Å². The third-order valence-corrected chi connectivity index (χ3v) is 5.13. The monoisotopic (exact) mass is 346 g/mol. The van der Waals surface area contributed by atoms with E-state index in [9.17, 15) is 8.60 Å². The number of allylic oxidation sites excluding steroid dienone is 1. The molecule has 0 saturated heterocycles. The molecule has 0 radical (unpaired) electrons. The number of hydrogen-bond donors (Lipinski definition) is 0. The van der Waals surface area contributed by atoms with Crippen molar-refractivity contribution in [2.75, 3.05) is 5.75 Å². The average Bonchev–Trinajstić information content (AvgIpc) is 2.60. The van der Waals surface area contributed by atoms with Gasteiger partial charge < -0.3 is 4.74 Å². The molecule has 1 unspecified atom stereocenters. The lowest BCUT2D eigenvalue weighted by Gasteiger charge is -2.21. The predicted octanol–water partition coefficient (Wildman–Crippen LogP) is 4.60. The molecule has 2 nitrogen and oxygen atoms in total. The van der Waals surface area contributed by atoms with Crippen LogP contribution >= 0.6 is 0 Å². The minimum absolute atomic E-state index is 0.130. The molecule has 2 rings (SSSR count). The van der Waals surface area contributed by atoms with Crippen LogP contribution in [0.2, 0.25) is 0 Å². The lowest BCUT2D eigenvalue weighted by Crippen LogP contribution is -2.31. The first-order valence-electron chi connectivity index (χ1n) is 7.95. The Morgan fingerprint density at radius 1 is 1.17 bits per heavy atom. The van der Waals surface area contributed by atoms with Crippen LogP contribution in [0.15, 0.2) is 72.1 Å². The van der Waals surface area contributed by atoms with E-state index in [-0.39, 0.29) is 12.2 Å². The summed E-state index contributed by atoms with van der Waals surface area (Å²) in [6, 6.07) is 17.0. The van der Waals surface area contributed by atoms with Crippen molar-refractivity contribution in [3.8, 4) is 0 Å². The third-order valence-electron chi connectivity index (χ3n) is 3.70. The van der Waals surface area contributed by atoms with Crippen LogP contribution in [0.5, 0.6) is 0 Å². The maximum absolute atomic E-state index is 14.4. The highest BCUT2D eigenvalue weighted by Crippen LogP contribution is 2.17. The molecule has 0 aliphatic carbocycles. The SMILES string of the molecule is C=CC[C@H](F)[C@@H](CS(=O)c1ccc(C)cc1)OCc1ccccc1. The van der Waals surface area contributed by atoms with E-state index in [4.69, 9.17) is 4.74 Å². The minimum Gasteiger partial charge on any atom is -0.370 e. The van der Waals surface area contributed by atoms with Gasteiger partial charge in [0.25, 0.3) is 0 Å². The van der Waals surface area contributed by atoms with Gasteiger partial charge in [0.1, 0.15) is 12.3 Å². The largest absolute Gasteiger partial charge is 0.370 e. The van der Waals surface area contributed by atoms with E-state index in [0.29, 0.717) is 11.5 Å². The zero-order chi connectivity index (χ0) is 17.4. The normalized spacial score (nSPS) is 14.8. The molecule has 3 atom stereocenters. The van der Waals surface area contributed by atoms with Gasteiger partial charge in [-0.15, -0.1) is 6.58 Å². The summed E-state index contributed by atoms with van der Waals surface area (Å²) < 4.78 is 32.6. The Bertz CT molecular complexity index is 655. The van der Waals surface area contributed by atoms with E-state index < -0.39 is 23.1 Å². The molecule has 0 aliphatic rings. The summed E-state index contributed by atoms with van der Waals surface area (Å²) in [6.07, 6.45) is -0.242. The van der Waals surface area contributed by atoms with Gasteiger partial charge >= 0.3 is 0 Å². The lowest BCUT2D eigenvalue weighted by atomic mass is 10.2. The molecular formula is C20H23FO2S. The van der Waals surface area contributed by atoms with Gasteiger partial charge in [-0.05, 0) is 31.0 Å². The number of aryl methyl sites for hydroxylation is 1. The van der Waals surface area contributed by atoms with Crippen LogP contribution in [0.1, 0.15) is 17.5 Å². The fourth-order valence-corrected chi connectivity index (χ4v) is 3.52. The van der Waals surface area contributed by atoms with Crippen molar-refractivity contribution in [3.05, 3.63) is 78.4 Å². The van der Waals surface area contributed by atoms with E-state index in [1.165, 1.54) is 6.08 Å². The highest BCUT2D eigenvalue weighted by molar-refractivity contribution is 7.85. The molecule has 0 bridgehead atoms. The number of rotatable bonds is 9. The third kappa shape index (κ3) is 5.69. The van der Waals surface area contributed by atoms with E-state index in [1.807, 2.05) is 61.5 Å². The molecule has 2 aromatic carbocycles. The first-order valence-corrected chi connectivity index (χ1v) is 9.27. The first kappa shape index (κ1) is 18.6. The van der Waals surface area contributed by atoms with Gasteiger partial charge in [0.2, 0.25) is 0 Å². The maximum atomic E-state index is 14.4. The minimum atomic E-state index is -1.30. The highest BCUT2D eigenvalue weighted by Gasteiger charge is 2.24. The molecule has 0 spiro atoms. The molecule has 128 valence electrons. The van der Waals surface area contributed by atoms with Crippen molar-refractivity contribution in [1.82, 2.24) is 0 Å². The molecular weight excluding hydrogens is 323 g/mol. The Morgan fingerprint density at radius 3 is 2.46 bits per heavy atom. The summed E-state index contributed by atoms with van der Waals surface area (Å²) in [5.41, 5.74) is 2.07. The van der Waals surface area contributed by atoms with Crippen LogP contribution in [-0.4, -0.2) is 22.2 Å². The summed E-state index contributed by atoms with van der Waals surface area (Å²) in [5.74, 6) is 0.130. The van der Waals surface area contributed by atoms with Crippen LogP contribution in [0.3, 0.4) is 0 Å². The molecule has 0 aliphatic heterocycles. The van der Waals surface area contributed by atoms with E-state index in [2.05, 4.69) is 6.58 Å². The zero-order valence-corrected chi connectivity index (χ0v) is 14.7. The molecule has 24 heavy (non-hydrogen) atoms. The first-order chi connectivity index (χ1) is 11.6. The van der Waals surface area contributed by atoms with E-state index in [1.54, 1.807) is 0 Å². The number of alkyl halides is 1. The van der Waals surface area contributed by atoms with Gasteiger partial charge in [0.15, 0.2) is 0 Å². The molecule has 0 amide bonds. The fraction of sp³-hybridized carbons (Fsp3) is 0.300. The Kier molecular flexibility index (Phi) is 7.35. The number of halogens is 1. The molecule has 4 heteroatoms. The van der Waals surface area contributed by atoms with Crippen molar-refractivity contribution in [2.24, 2.45) is 0 Å². The maximum Gasteiger partial charge on any atom is 0.130 e. The van der Waals surface area contributed by atoms with Crippen LogP contribution in [0, 0.1) is 6.92 Å². The topological polar surface area (TPSA) is 26.3 Å². The standard InChI is InChI=1S/C20H23FO2S/c1-3-7-19(21)20(23-14-17-8-5-4-6-9-17)15-24(22)18-12-10-16(2)11-13-18/h3-6,8-13,19-20H,1,7,14-15H2,2H3/t19-,20+,24?/m0/s1. The second-order valence-corrected chi connectivity index (χ2v) is 7.20. The highest BCUT2D eigenvalue weighted by atomic mass is 32.2. The van der Waals surface area contributed by atoms with Crippen molar-refractivity contribution in [3.63, 3.8) is 0 Å². The molecule has 0 aromatic heterocycles. The number of ether oxygens (including phenoxy) is 1. The molecule has 0 N–H and O–H groups in total. The number of hydrogen-bond acceptors (Lipinski definition) is 2. The molecule has 0 fully saturated rings. The molecule has 0 saturated carbocycles. The Hall–Kier alpha value is -1.78. The number of benzene rings is 2. The summed E-state index contributed by atoms with van der Waals surface area (Å²) in [7, 11) is -1.30. The van der Waals surface area contributed by atoms with Crippen molar-refractivity contribution in [1.29, 1.82) is 0 Å². The van der Waals surface area contributed by atoms with E-state index in [0.717, 1.165) is 11.1 Å². The Labute approximate surface area is 145 Å². The summed E-state index contributed by atoms with van der Waals surface area (Å²) >= 11 is 0. The van der Waals surface area contributed by atoms with Crippen molar-refractivity contribution >= 4 is 10.8 Å². The molecule has 0 heterocycles. The Morgan fingerprint density at radius 2 is 1.83 bits per heavy atom. The van der Waals surface area contributed by atoms with Gasteiger partial charge in [-0.1, -0.05) is 54.1 Å². The van der Waals surface area contributed by atoms with Crippen LogP contribution in [-0.2, 0) is 22.1 Å². The van der Waals surface area contributed by atoms with Crippen LogP contribution < -0.4 is 0 Å². The Balaban J connectivity index is 2.03. The van der Waals surface area contributed by atoms with E-state index >= 15 is 0 Å². The quantitative estimate of drug-likeness (QED) is 0.620. The average molecular weight is 346 g/mol. The van der Waals surface area contributed by atoms with Crippen LogP contribution in [0.25, 0.3) is 0 Å². The van der Waals surface area contributed by atoms with Gasteiger partial charge in [0.05, 0.1) is 23.2 Å². The summed E-state index contributed by atoms with van der Waals surface area (Å²) in [5, 5.41) is 0. The second-order valence-electron chi connectivity index (χ2n) is 5.70. The lowest BCUT2D eigenvalue weighted by molar-refractivity contribution is 0.00313. The molecule has 2 aromatic rings. The summed E-state index contributed by atoms with van der Waals surface area (Å²) in [6.45, 7) is 5.85. The smallest absolute Gasteiger partial charge is 0.130 e. The summed E-state index contributed by atoms with van der Waals surface area (Å²) in [4.78, 5) is 0.694. The van der Waals surface area contributed by atoms with Crippen molar-refractivity contribution < 1.29 is 13.3 Å². The van der Waals surface area contributed by atoms with Crippen LogP contribution in [0.4, 0.5) is 4.39 Å². The van der Waals surface area contributed by atoms with Crippen molar-refractivity contribution in [2.45, 2.75) is 37.1 Å². The zero-order valence-electron chi connectivity index (χ0n) is 13.9. The van der Waals surface area contributed by atoms with Gasteiger partial charge in [0, 0.05) is 4.90 Å².